The van der Waals surface area contributed by atoms with Gasteiger partial charge in [0.2, 0.25) is 0 Å². The number of benzene rings is 1. The fraction of sp³-hybridized carbons (Fsp3) is 0.471. The van der Waals surface area contributed by atoms with Gasteiger partial charge < -0.3 is 4.74 Å². The zero-order chi connectivity index (χ0) is 16.2. The number of aromatic amines is 1. The van der Waals surface area contributed by atoms with Gasteiger partial charge in [-0.1, -0.05) is 30.3 Å². The lowest BCUT2D eigenvalue weighted by Crippen LogP contribution is -2.45. The molecule has 0 amide bonds. The molecule has 0 saturated carbocycles. The van der Waals surface area contributed by atoms with E-state index >= 15 is 0 Å². The Bertz CT molecular complexity index is 656. The standard InChI is InChI=1S/C17H22N4O2/c1-12(17(22)23-2)21-10-6-9-14(11-21)16-18-15(19-20-16)13-7-4-3-5-8-13/h3-5,7-8,12,14H,6,9-11H2,1-2H3,(H,18,19,20)/t12-,14-/m1/s1. The number of piperidine rings is 1. The van der Waals surface area contributed by atoms with Gasteiger partial charge in [-0.2, -0.15) is 5.10 Å². The highest BCUT2D eigenvalue weighted by molar-refractivity contribution is 5.75. The van der Waals surface area contributed by atoms with Crippen molar-refractivity contribution in [1.82, 2.24) is 20.1 Å². The Kier molecular flexibility index (Phi) is 4.71. The third-order valence-corrected chi connectivity index (χ3v) is 4.46. The smallest absolute Gasteiger partial charge is 0.322 e. The topological polar surface area (TPSA) is 71.1 Å². The van der Waals surface area contributed by atoms with Gasteiger partial charge in [0.05, 0.1) is 7.11 Å². The summed E-state index contributed by atoms with van der Waals surface area (Å²) in [6.07, 6.45) is 2.08. The lowest BCUT2D eigenvalue weighted by molar-refractivity contribution is -0.146. The molecule has 2 aromatic rings. The summed E-state index contributed by atoms with van der Waals surface area (Å²) >= 11 is 0. The first-order valence-corrected chi connectivity index (χ1v) is 7.98. The molecule has 2 heterocycles. The van der Waals surface area contributed by atoms with Crippen LogP contribution in [0.15, 0.2) is 30.3 Å². The summed E-state index contributed by atoms with van der Waals surface area (Å²) in [5.74, 6) is 1.69. The molecule has 3 rings (SSSR count). The summed E-state index contributed by atoms with van der Waals surface area (Å²) in [5, 5.41) is 7.41. The molecule has 0 aliphatic carbocycles. The van der Waals surface area contributed by atoms with Crippen molar-refractivity contribution >= 4 is 5.97 Å². The van der Waals surface area contributed by atoms with E-state index in [4.69, 9.17) is 4.74 Å². The molecule has 1 fully saturated rings. The van der Waals surface area contributed by atoms with Gasteiger partial charge in [-0.25, -0.2) is 4.98 Å². The Morgan fingerprint density at radius 3 is 2.91 bits per heavy atom. The highest BCUT2D eigenvalue weighted by Gasteiger charge is 2.30. The molecule has 1 aliphatic heterocycles. The van der Waals surface area contributed by atoms with Gasteiger partial charge in [0, 0.05) is 18.0 Å². The molecule has 0 radical (unpaired) electrons. The minimum Gasteiger partial charge on any atom is -0.468 e. The van der Waals surface area contributed by atoms with Crippen molar-refractivity contribution in [3.63, 3.8) is 0 Å². The van der Waals surface area contributed by atoms with Crippen molar-refractivity contribution in [3.8, 4) is 11.4 Å². The highest BCUT2D eigenvalue weighted by atomic mass is 16.5. The number of ether oxygens (including phenoxy) is 1. The predicted molar refractivity (Wildman–Crippen MR) is 86.8 cm³/mol. The van der Waals surface area contributed by atoms with Crippen LogP contribution in [0.3, 0.4) is 0 Å². The van der Waals surface area contributed by atoms with Crippen molar-refractivity contribution in [2.45, 2.75) is 31.7 Å². The maximum Gasteiger partial charge on any atom is 0.322 e. The first kappa shape index (κ1) is 15.7. The maximum atomic E-state index is 11.7. The first-order chi connectivity index (χ1) is 11.2. The fourth-order valence-electron chi connectivity index (χ4n) is 3.07. The summed E-state index contributed by atoms with van der Waals surface area (Å²) in [7, 11) is 1.43. The molecule has 0 bridgehead atoms. The van der Waals surface area contributed by atoms with Gasteiger partial charge in [0.15, 0.2) is 5.82 Å². The number of rotatable bonds is 4. The highest BCUT2D eigenvalue weighted by Crippen LogP contribution is 2.27. The van der Waals surface area contributed by atoms with E-state index in [1.54, 1.807) is 0 Å². The van der Waals surface area contributed by atoms with E-state index in [2.05, 4.69) is 20.1 Å². The van der Waals surface area contributed by atoms with Gasteiger partial charge in [-0.05, 0) is 26.3 Å². The predicted octanol–water partition coefficient (Wildman–Crippen LogP) is 2.21. The second-order valence-electron chi connectivity index (χ2n) is 5.94. The molecule has 2 atom stereocenters. The summed E-state index contributed by atoms with van der Waals surface area (Å²) in [5.41, 5.74) is 1.01. The van der Waals surface area contributed by atoms with Crippen LogP contribution in [-0.4, -0.2) is 52.3 Å². The van der Waals surface area contributed by atoms with Gasteiger partial charge in [0.25, 0.3) is 0 Å². The van der Waals surface area contributed by atoms with Crippen LogP contribution in [0.4, 0.5) is 0 Å². The molecule has 1 aliphatic rings. The average molecular weight is 314 g/mol. The van der Waals surface area contributed by atoms with Gasteiger partial charge in [0.1, 0.15) is 11.9 Å². The Morgan fingerprint density at radius 1 is 1.39 bits per heavy atom. The van der Waals surface area contributed by atoms with Crippen LogP contribution < -0.4 is 0 Å². The van der Waals surface area contributed by atoms with E-state index in [-0.39, 0.29) is 17.9 Å². The van der Waals surface area contributed by atoms with E-state index in [1.807, 2.05) is 37.3 Å². The first-order valence-electron chi connectivity index (χ1n) is 7.98. The summed E-state index contributed by atoms with van der Waals surface area (Å²) in [6.45, 7) is 3.59. The number of likely N-dealkylation sites (tertiary alicyclic amines) is 1. The average Bonchev–Trinajstić information content (AvgIpc) is 3.11. The number of hydrogen-bond donors (Lipinski definition) is 1. The van der Waals surface area contributed by atoms with E-state index in [0.717, 1.165) is 43.1 Å². The molecular weight excluding hydrogens is 292 g/mol. The van der Waals surface area contributed by atoms with Crippen molar-refractivity contribution in [3.05, 3.63) is 36.2 Å². The Balaban J connectivity index is 1.72. The fourth-order valence-corrected chi connectivity index (χ4v) is 3.07. The zero-order valence-electron chi connectivity index (χ0n) is 13.5. The number of nitrogens with zero attached hydrogens (tertiary/aromatic N) is 3. The second-order valence-corrected chi connectivity index (χ2v) is 5.94. The molecule has 1 saturated heterocycles. The minimum absolute atomic E-state index is 0.187. The lowest BCUT2D eigenvalue weighted by Gasteiger charge is -2.34. The van der Waals surface area contributed by atoms with E-state index < -0.39 is 0 Å². The number of hydrogen-bond acceptors (Lipinski definition) is 5. The molecule has 1 aromatic carbocycles. The van der Waals surface area contributed by atoms with Crippen LogP contribution in [0.1, 0.15) is 31.5 Å². The molecule has 0 unspecified atom stereocenters. The number of methoxy groups -OCH3 is 1. The van der Waals surface area contributed by atoms with Crippen molar-refractivity contribution in [2.75, 3.05) is 20.2 Å². The second kappa shape index (κ2) is 6.91. The van der Waals surface area contributed by atoms with Crippen LogP contribution in [0.25, 0.3) is 11.4 Å². The van der Waals surface area contributed by atoms with Gasteiger partial charge in [-0.3, -0.25) is 14.8 Å². The SMILES string of the molecule is COC(=O)[C@@H](C)N1CCC[C@@H](c2nc(-c3ccccc3)n[nH]2)C1. The molecule has 1 aromatic heterocycles. The molecule has 6 nitrogen and oxygen atoms in total. The molecule has 6 heteroatoms. The lowest BCUT2D eigenvalue weighted by atomic mass is 9.96. The number of H-pyrrole nitrogens is 1. The number of carbonyl (C=O) groups excluding carboxylic acids is 1. The molecule has 0 spiro atoms. The third kappa shape index (κ3) is 3.42. The van der Waals surface area contributed by atoms with Crippen LogP contribution in [0, 0.1) is 0 Å². The molecule has 122 valence electrons. The molecule has 23 heavy (non-hydrogen) atoms. The van der Waals surface area contributed by atoms with Crippen LogP contribution in [0.5, 0.6) is 0 Å². The Morgan fingerprint density at radius 2 is 2.17 bits per heavy atom. The summed E-state index contributed by atoms with van der Waals surface area (Å²) in [6, 6.07) is 9.71. The van der Waals surface area contributed by atoms with E-state index in [1.165, 1.54) is 7.11 Å². The van der Waals surface area contributed by atoms with Crippen LogP contribution >= 0.6 is 0 Å². The number of carbonyl (C=O) groups is 1. The largest absolute Gasteiger partial charge is 0.468 e. The number of esters is 1. The van der Waals surface area contributed by atoms with E-state index in [0.29, 0.717) is 0 Å². The Labute approximate surface area is 135 Å². The van der Waals surface area contributed by atoms with Crippen LogP contribution in [-0.2, 0) is 9.53 Å². The van der Waals surface area contributed by atoms with Crippen molar-refractivity contribution in [1.29, 1.82) is 0 Å². The minimum atomic E-state index is -0.223. The maximum absolute atomic E-state index is 11.7. The van der Waals surface area contributed by atoms with Crippen molar-refractivity contribution < 1.29 is 9.53 Å². The monoisotopic (exact) mass is 314 g/mol. The molecule has 1 N–H and O–H groups in total. The quantitative estimate of drug-likeness (QED) is 0.876. The van der Waals surface area contributed by atoms with Gasteiger partial charge in [-0.15, -0.1) is 0 Å². The summed E-state index contributed by atoms with van der Waals surface area (Å²) < 4.78 is 4.85. The summed E-state index contributed by atoms with van der Waals surface area (Å²) in [4.78, 5) is 18.6. The van der Waals surface area contributed by atoms with Crippen LogP contribution in [0.2, 0.25) is 0 Å². The van der Waals surface area contributed by atoms with Crippen molar-refractivity contribution in [2.24, 2.45) is 0 Å². The third-order valence-electron chi connectivity index (χ3n) is 4.46. The normalized spacial score (nSPS) is 20.2. The number of aromatic nitrogens is 3. The zero-order valence-corrected chi connectivity index (χ0v) is 13.5. The van der Waals surface area contributed by atoms with E-state index in [9.17, 15) is 4.79 Å². The van der Waals surface area contributed by atoms with Gasteiger partial charge >= 0.3 is 5.97 Å². The molecular formula is C17H22N4O2. The Hall–Kier alpha value is -2.21. The number of nitrogens with one attached hydrogen (secondary N) is 1.